The summed E-state index contributed by atoms with van der Waals surface area (Å²) in [5.41, 5.74) is 3.46. The van der Waals surface area contributed by atoms with Crippen molar-refractivity contribution in [1.82, 2.24) is 4.72 Å². The topological polar surface area (TPSA) is 63.2 Å². The molecule has 1 N–H and O–H groups in total. The van der Waals surface area contributed by atoms with Crippen molar-refractivity contribution in [2.75, 3.05) is 6.26 Å². The molecule has 4 saturated carbocycles. The van der Waals surface area contributed by atoms with Gasteiger partial charge in [-0.1, -0.05) is 18.2 Å². The van der Waals surface area contributed by atoms with Crippen molar-refractivity contribution in [1.29, 1.82) is 0 Å². The Bertz CT molecular complexity index is 828. The molecule has 0 aromatic heterocycles. The Hall–Kier alpha value is -1.36. The molecule has 136 valence electrons. The lowest BCUT2D eigenvalue weighted by Gasteiger charge is -2.61. The second kappa shape index (κ2) is 5.32. The van der Waals surface area contributed by atoms with Crippen LogP contribution in [0.2, 0.25) is 0 Å². The monoisotopic (exact) mass is 361 g/mol. The zero-order valence-electron chi connectivity index (χ0n) is 15.3. The molecule has 0 saturated heterocycles. The van der Waals surface area contributed by atoms with E-state index in [1.54, 1.807) is 0 Å². The molecule has 4 nitrogen and oxygen atoms in total. The molecule has 5 rings (SSSR count). The van der Waals surface area contributed by atoms with Gasteiger partial charge in [-0.3, -0.25) is 9.52 Å². The average Bonchev–Trinajstić information content (AvgIpc) is 2.47. The molecule has 5 heteroatoms. The van der Waals surface area contributed by atoms with Gasteiger partial charge in [0.2, 0.25) is 15.9 Å². The number of hydrogen-bond acceptors (Lipinski definition) is 3. The van der Waals surface area contributed by atoms with Crippen LogP contribution in [0.25, 0.3) is 0 Å². The number of rotatable bonds is 3. The predicted octanol–water partition coefficient (Wildman–Crippen LogP) is 3.22. The summed E-state index contributed by atoms with van der Waals surface area (Å²) in [7, 11) is -3.51. The van der Waals surface area contributed by atoms with Crippen molar-refractivity contribution < 1.29 is 13.2 Å². The minimum Gasteiger partial charge on any atom is -0.273 e. The first-order valence-corrected chi connectivity index (χ1v) is 11.1. The van der Waals surface area contributed by atoms with Crippen molar-refractivity contribution in [2.45, 2.75) is 57.8 Å². The van der Waals surface area contributed by atoms with E-state index in [0.717, 1.165) is 38.4 Å². The van der Waals surface area contributed by atoms with E-state index in [1.807, 2.05) is 0 Å². The molecule has 4 bridgehead atoms. The predicted molar refractivity (Wildman–Crippen MR) is 97.7 cm³/mol. The van der Waals surface area contributed by atoms with Crippen LogP contribution in [-0.4, -0.2) is 20.6 Å². The summed E-state index contributed by atoms with van der Waals surface area (Å²) in [6.45, 7) is 4.27. The van der Waals surface area contributed by atoms with Gasteiger partial charge < -0.3 is 0 Å². The molecule has 1 aromatic rings. The number of nitrogens with one attached hydrogen (secondary N) is 1. The number of benzene rings is 1. The van der Waals surface area contributed by atoms with E-state index in [9.17, 15) is 13.2 Å². The molecule has 25 heavy (non-hydrogen) atoms. The zero-order chi connectivity index (χ0) is 18.0. The van der Waals surface area contributed by atoms with Crippen molar-refractivity contribution in [3.63, 3.8) is 0 Å². The summed E-state index contributed by atoms with van der Waals surface area (Å²) in [6, 6.07) is 6.72. The van der Waals surface area contributed by atoms with E-state index in [-0.39, 0.29) is 11.3 Å². The van der Waals surface area contributed by atoms with Crippen LogP contribution in [0.3, 0.4) is 0 Å². The molecule has 0 heterocycles. The SMILES string of the molecule is Cc1ccc(C23CC4CC(CC(C(=O)NS(C)(=O)=O)(C4)C2)C3)cc1C. The number of carbonyl (C=O) groups is 1. The van der Waals surface area contributed by atoms with Crippen LogP contribution in [0.5, 0.6) is 0 Å². The molecule has 2 atom stereocenters. The van der Waals surface area contributed by atoms with E-state index in [2.05, 4.69) is 36.8 Å². The number of aryl methyl sites for hydroxylation is 2. The fourth-order valence-corrected chi connectivity index (χ4v) is 6.77. The molecule has 1 amide bonds. The highest BCUT2D eigenvalue weighted by Gasteiger charge is 2.61. The Kier molecular flexibility index (Phi) is 3.63. The normalized spacial score (nSPS) is 36.4. The maximum Gasteiger partial charge on any atom is 0.239 e. The molecular weight excluding hydrogens is 334 g/mol. The summed E-state index contributed by atoms with van der Waals surface area (Å²) in [4.78, 5) is 12.9. The van der Waals surface area contributed by atoms with Gasteiger partial charge in [-0.25, -0.2) is 8.42 Å². The van der Waals surface area contributed by atoms with Crippen LogP contribution < -0.4 is 4.72 Å². The van der Waals surface area contributed by atoms with Crippen LogP contribution >= 0.6 is 0 Å². The van der Waals surface area contributed by atoms with Gasteiger partial charge in [-0.2, -0.15) is 0 Å². The minimum atomic E-state index is -3.51. The lowest BCUT2D eigenvalue weighted by Crippen LogP contribution is -2.59. The number of carbonyl (C=O) groups excluding carboxylic acids is 1. The average molecular weight is 362 g/mol. The number of amides is 1. The summed E-state index contributed by atoms with van der Waals surface area (Å²) >= 11 is 0. The summed E-state index contributed by atoms with van der Waals surface area (Å²) in [6.07, 6.45) is 7.02. The second-order valence-electron chi connectivity index (χ2n) is 9.02. The quantitative estimate of drug-likeness (QED) is 0.899. The Labute approximate surface area is 150 Å². The molecule has 0 radical (unpaired) electrons. The van der Waals surface area contributed by atoms with Gasteiger partial charge in [0.1, 0.15) is 0 Å². The Morgan fingerprint density at radius 2 is 1.72 bits per heavy atom. The van der Waals surface area contributed by atoms with Crippen LogP contribution in [-0.2, 0) is 20.2 Å². The Balaban J connectivity index is 1.74. The van der Waals surface area contributed by atoms with Crippen molar-refractivity contribution in [3.8, 4) is 0 Å². The first kappa shape index (κ1) is 17.1. The summed E-state index contributed by atoms with van der Waals surface area (Å²) in [5, 5.41) is 0. The van der Waals surface area contributed by atoms with E-state index in [1.165, 1.54) is 23.1 Å². The third-order valence-corrected chi connectivity index (χ3v) is 7.50. The molecule has 1 aromatic carbocycles. The van der Waals surface area contributed by atoms with Crippen LogP contribution in [0.15, 0.2) is 18.2 Å². The number of sulfonamides is 1. The third kappa shape index (κ3) is 2.80. The van der Waals surface area contributed by atoms with Gasteiger partial charge >= 0.3 is 0 Å². The number of hydrogen-bond donors (Lipinski definition) is 1. The van der Waals surface area contributed by atoms with Crippen molar-refractivity contribution in [3.05, 3.63) is 34.9 Å². The highest BCUT2D eigenvalue weighted by Crippen LogP contribution is 2.65. The van der Waals surface area contributed by atoms with E-state index >= 15 is 0 Å². The van der Waals surface area contributed by atoms with E-state index in [4.69, 9.17) is 0 Å². The molecular formula is C20H27NO3S. The molecule has 4 aliphatic carbocycles. The maximum atomic E-state index is 12.9. The zero-order valence-corrected chi connectivity index (χ0v) is 16.1. The molecule has 2 unspecified atom stereocenters. The first-order chi connectivity index (χ1) is 11.6. The van der Waals surface area contributed by atoms with Crippen LogP contribution in [0.1, 0.15) is 55.2 Å². The van der Waals surface area contributed by atoms with Crippen molar-refractivity contribution in [2.24, 2.45) is 17.3 Å². The maximum absolute atomic E-state index is 12.9. The highest BCUT2D eigenvalue weighted by atomic mass is 32.2. The second-order valence-corrected chi connectivity index (χ2v) is 10.8. The molecule has 4 fully saturated rings. The fourth-order valence-electron chi connectivity index (χ4n) is 6.21. The minimum absolute atomic E-state index is 0.0391. The van der Waals surface area contributed by atoms with E-state index in [0.29, 0.717) is 11.8 Å². The first-order valence-electron chi connectivity index (χ1n) is 9.21. The van der Waals surface area contributed by atoms with Gasteiger partial charge in [-0.05, 0) is 86.3 Å². The van der Waals surface area contributed by atoms with Crippen LogP contribution in [0.4, 0.5) is 0 Å². The highest BCUT2D eigenvalue weighted by molar-refractivity contribution is 7.89. The lowest BCUT2D eigenvalue weighted by molar-refractivity contribution is -0.147. The molecule has 0 spiro atoms. The molecule has 4 aliphatic rings. The van der Waals surface area contributed by atoms with Gasteiger partial charge in [0.15, 0.2) is 0 Å². The Morgan fingerprint density at radius 3 is 2.28 bits per heavy atom. The summed E-state index contributed by atoms with van der Waals surface area (Å²) in [5.74, 6) is 0.804. The van der Waals surface area contributed by atoms with E-state index < -0.39 is 15.4 Å². The standard InChI is InChI=1S/C20H27NO3S/c1-13-4-5-17(6-14(13)2)19-8-15-7-16(9-19)11-20(10-15,12-19)18(22)21-25(3,23)24/h4-6,15-16H,7-12H2,1-3H3,(H,21,22). The smallest absolute Gasteiger partial charge is 0.239 e. The Morgan fingerprint density at radius 1 is 1.08 bits per heavy atom. The van der Waals surface area contributed by atoms with Gasteiger partial charge in [-0.15, -0.1) is 0 Å². The largest absolute Gasteiger partial charge is 0.273 e. The van der Waals surface area contributed by atoms with Gasteiger partial charge in [0, 0.05) is 0 Å². The lowest BCUT2D eigenvalue weighted by atomic mass is 9.42. The fraction of sp³-hybridized carbons (Fsp3) is 0.650. The van der Waals surface area contributed by atoms with Crippen molar-refractivity contribution >= 4 is 15.9 Å². The van der Waals surface area contributed by atoms with Gasteiger partial charge in [0.05, 0.1) is 11.7 Å². The van der Waals surface area contributed by atoms with Gasteiger partial charge in [0.25, 0.3) is 0 Å². The summed E-state index contributed by atoms with van der Waals surface area (Å²) < 4.78 is 25.6. The molecule has 0 aliphatic heterocycles. The third-order valence-electron chi connectivity index (χ3n) is 6.94. The van der Waals surface area contributed by atoms with Crippen LogP contribution in [0, 0.1) is 31.1 Å².